The number of benzene rings is 1. The number of rotatable bonds is 4. The fourth-order valence-corrected chi connectivity index (χ4v) is 5.80. The van der Waals surface area contributed by atoms with Crippen LogP contribution in [-0.2, 0) is 6.54 Å². The van der Waals surface area contributed by atoms with Crippen LogP contribution in [0.1, 0.15) is 47.0 Å². The Bertz CT molecular complexity index is 1480. The van der Waals surface area contributed by atoms with Crippen molar-refractivity contribution < 1.29 is 4.39 Å². The van der Waals surface area contributed by atoms with Gasteiger partial charge in [-0.15, -0.1) is 0 Å². The van der Waals surface area contributed by atoms with Gasteiger partial charge in [0.1, 0.15) is 23.0 Å². The highest BCUT2D eigenvalue weighted by Crippen LogP contribution is 2.40. The zero-order valence-electron chi connectivity index (χ0n) is 19.9. The molecule has 6 heterocycles. The summed E-state index contributed by atoms with van der Waals surface area (Å²) in [6, 6.07) is 10.1. The third kappa shape index (κ3) is 3.86. The van der Waals surface area contributed by atoms with Gasteiger partial charge in [0.05, 0.1) is 30.1 Å². The SMILES string of the molecule is Cc1nc(C)c2nc(-c3cncc(F)c3)n(Cc3ccc(C4CN5CCC4CC5)c(C#N)c3)c2n1. The molecular weight excluding hydrogens is 441 g/mol. The van der Waals surface area contributed by atoms with E-state index >= 15 is 0 Å². The lowest BCUT2D eigenvalue weighted by Crippen LogP contribution is -2.46. The normalized spacial score (nSPS) is 21.4. The molecule has 0 saturated carbocycles. The van der Waals surface area contributed by atoms with E-state index in [9.17, 15) is 9.65 Å². The van der Waals surface area contributed by atoms with Crippen LogP contribution in [0.2, 0.25) is 0 Å². The molecule has 3 aromatic heterocycles. The average molecular weight is 468 g/mol. The van der Waals surface area contributed by atoms with Crippen LogP contribution in [0.3, 0.4) is 0 Å². The summed E-state index contributed by atoms with van der Waals surface area (Å²) >= 11 is 0. The molecular formula is C27H26FN7. The molecule has 0 radical (unpaired) electrons. The first-order valence-electron chi connectivity index (χ1n) is 12.1. The third-order valence-electron chi connectivity index (χ3n) is 7.48. The highest BCUT2D eigenvalue weighted by molar-refractivity contribution is 5.79. The Balaban J connectivity index is 1.43. The van der Waals surface area contributed by atoms with Gasteiger partial charge in [-0.3, -0.25) is 4.98 Å². The van der Waals surface area contributed by atoms with E-state index < -0.39 is 5.82 Å². The van der Waals surface area contributed by atoms with Crippen molar-refractivity contribution in [2.75, 3.05) is 19.6 Å². The molecule has 3 fully saturated rings. The predicted octanol–water partition coefficient (Wildman–Crippen LogP) is 4.37. The standard InChI is InChI=1S/C27H26FN7/c1-16-25-27(32-17(2)31-16)35(26(33-25)21-10-22(28)13-30-12-21)14-18-3-4-23(20(9-18)11-29)24-15-34-7-5-19(24)6-8-34/h3-4,9-10,12-13,19,24H,5-8,14-15H2,1-2H3. The maximum atomic E-state index is 14.0. The number of pyridine rings is 1. The number of aromatic nitrogens is 5. The number of fused-ring (bicyclic) bond motifs is 4. The molecule has 2 bridgehead atoms. The first kappa shape index (κ1) is 21.8. The molecule has 0 N–H and O–H groups in total. The molecule has 1 unspecified atom stereocenters. The largest absolute Gasteiger partial charge is 0.304 e. The highest BCUT2D eigenvalue weighted by atomic mass is 19.1. The van der Waals surface area contributed by atoms with Crippen molar-refractivity contribution in [3.63, 3.8) is 0 Å². The third-order valence-corrected chi connectivity index (χ3v) is 7.48. The molecule has 0 aliphatic carbocycles. The monoisotopic (exact) mass is 467 g/mol. The van der Waals surface area contributed by atoms with Gasteiger partial charge in [0, 0.05) is 24.2 Å². The molecule has 3 aliphatic rings. The maximum absolute atomic E-state index is 14.0. The second-order valence-corrected chi connectivity index (χ2v) is 9.72. The van der Waals surface area contributed by atoms with Crippen LogP contribution in [0.5, 0.6) is 0 Å². The topological polar surface area (TPSA) is 83.5 Å². The minimum atomic E-state index is -0.422. The predicted molar refractivity (Wildman–Crippen MR) is 130 cm³/mol. The minimum absolute atomic E-state index is 0.419. The second-order valence-electron chi connectivity index (χ2n) is 9.72. The Morgan fingerprint density at radius 2 is 1.91 bits per heavy atom. The Labute approximate surface area is 203 Å². The van der Waals surface area contributed by atoms with E-state index in [1.807, 2.05) is 24.5 Å². The van der Waals surface area contributed by atoms with Gasteiger partial charge in [0.25, 0.3) is 0 Å². The van der Waals surface area contributed by atoms with Gasteiger partial charge in [0.15, 0.2) is 5.65 Å². The van der Waals surface area contributed by atoms with E-state index in [-0.39, 0.29) is 0 Å². The lowest BCUT2D eigenvalue weighted by Gasteiger charge is -2.45. The Morgan fingerprint density at radius 1 is 1.09 bits per heavy atom. The number of nitriles is 1. The van der Waals surface area contributed by atoms with Crippen LogP contribution in [0.25, 0.3) is 22.6 Å². The van der Waals surface area contributed by atoms with Crippen molar-refractivity contribution >= 4 is 11.2 Å². The molecule has 176 valence electrons. The molecule has 0 amide bonds. The van der Waals surface area contributed by atoms with Gasteiger partial charge in [-0.2, -0.15) is 5.26 Å². The van der Waals surface area contributed by atoms with E-state index in [1.165, 1.54) is 38.2 Å². The summed E-state index contributed by atoms with van der Waals surface area (Å²) in [6.45, 7) is 7.59. The first-order valence-corrected chi connectivity index (χ1v) is 12.1. The number of piperidine rings is 3. The Kier molecular flexibility index (Phi) is 5.30. The summed E-state index contributed by atoms with van der Waals surface area (Å²) in [7, 11) is 0. The fraction of sp³-hybridized carbons (Fsp3) is 0.370. The lowest BCUT2D eigenvalue weighted by atomic mass is 9.74. The van der Waals surface area contributed by atoms with Crippen molar-refractivity contribution in [1.82, 2.24) is 29.4 Å². The van der Waals surface area contributed by atoms with Crippen molar-refractivity contribution in [3.8, 4) is 17.5 Å². The van der Waals surface area contributed by atoms with Crippen LogP contribution >= 0.6 is 0 Å². The zero-order valence-corrected chi connectivity index (χ0v) is 19.9. The number of hydrogen-bond acceptors (Lipinski definition) is 6. The van der Waals surface area contributed by atoms with Crippen LogP contribution in [-0.4, -0.2) is 49.0 Å². The Hall–Kier alpha value is -3.70. The second kappa shape index (κ2) is 8.51. The average Bonchev–Trinajstić information content (AvgIpc) is 3.23. The molecule has 4 aromatic rings. The number of halogens is 1. The molecule has 7 nitrogen and oxygen atoms in total. The van der Waals surface area contributed by atoms with Crippen LogP contribution in [0, 0.1) is 36.9 Å². The van der Waals surface area contributed by atoms with Crippen molar-refractivity contribution in [2.24, 2.45) is 5.92 Å². The number of aryl methyl sites for hydroxylation is 2. The van der Waals surface area contributed by atoms with Crippen LogP contribution in [0.15, 0.2) is 36.7 Å². The van der Waals surface area contributed by atoms with Crippen LogP contribution < -0.4 is 0 Å². The minimum Gasteiger partial charge on any atom is -0.304 e. The van der Waals surface area contributed by atoms with Gasteiger partial charge in [0.2, 0.25) is 0 Å². The quantitative estimate of drug-likeness (QED) is 0.443. The summed E-state index contributed by atoms with van der Waals surface area (Å²) in [5, 5.41) is 10.0. The summed E-state index contributed by atoms with van der Waals surface area (Å²) in [5.41, 5.74) is 5.59. The molecule has 1 aromatic carbocycles. The molecule has 7 rings (SSSR count). The molecule has 3 saturated heterocycles. The van der Waals surface area contributed by atoms with E-state index in [0.717, 1.165) is 28.9 Å². The van der Waals surface area contributed by atoms with Crippen molar-refractivity contribution in [3.05, 3.63) is 70.7 Å². The fourth-order valence-electron chi connectivity index (χ4n) is 5.80. The van der Waals surface area contributed by atoms with Gasteiger partial charge in [-0.05, 0) is 69.0 Å². The highest BCUT2D eigenvalue weighted by Gasteiger charge is 2.36. The number of imidazole rings is 1. The number of hydrogen-bond donors (Lipinski definition) is 0. The summed E-state index contributed by atoms with van der Waals surface area (Å²) in [4.78, 5) is 20.4. The van der Waals surface area contributed by atoms with Crippen molar-refractivity contribution in [2.45, 2.75) is 39.2 Å². The maximum Gasteiger partial charge on any atom is 0.164 e. The lowest BCUT2D eigenvalue weighted by molar-refractivity contribution is 0.0870. The molecule has 8 heteroatoms. The van der Waals surface area contributed by atoms with E-state index in [4.69, 9.17) is 4.98 Å². The molecule has 3 aliphatic heterocycles. The zero-order chi connectivity index (χ0) is 24.1. The van der Waals surface area contributed by atoms with Crippen LogP contribution in [0.4, 0.5) is 4.39 Å². The van der Waals surface area contributed by atoms with Gasteiger partial charge < -0.3 is 9.47 Å². The van der Waals surface area contributed by atoms with Gasteiger partial charge in [-0.1, -0.05) is 12.1 Å². The summed E-state index contributed by atoms with van der Waals surface area (Å²) in [5.74, 6) is 1.88. The van der Waals surface area contributed by atoms with Gasteiger partial charge >= 0.3 is 0 Å². The van der Waals surface area contributed by atoms with Crippen molar-refractivity contribution in [1.29, 1.82) is 5.26 Å². The molecule has 35 heavy (non-hydrogen) atoms. The molecule has 1 atom stereocenters. The molecule has 0 spiro atoms. The van der Waals surface area contributed by atoms with E-state index in [2.05, 4.69) is 38.1 Å². The van der Waals surface area contributed by atoms with E-state index in [0.29, 0.717) is 46.8 Å². The van der Waals surface area contributed by atoms with Gasteiger partial charge in [-0.25, -0.2) is 19.3 Å². The first-order chi connectivity index (χ1) is 17.0. The number of nitrogens with zero attached hydrogens (tertiary/aromatic N) is 7. The Morgan fingerprint density at radius 3 is 2.63 bits per heavy atom. The summed E-state index contributed by atoms with van der Waals surface area (Å²) < 4.78 is 16.0. The summed E-state index contributed by atoms with van der Waals surface area (Å²) in [6.07, 6.45) is 5.20. The van der Waals surface area contributed by atoms with E-state index in [1.54, 1.807) is 6.20 Å². The smallest absolute Gasteiger partial charge is 0.164 e.